The van der Waals surface area contributed by atoms with Gasteiger partial charge in [-0.15, -0.1) is 0 Å². The van der Waals surface area contributed by atoms with Crippen LogP contribution in [0.25, 0.3) is 55.3 Å². The highest BCUT2D eigenvalue weighted by Gasteiger charge is 2.24. The zero-order chi connectivity index (χ0) is 31.4. The van der Waals surface area contributed by atoms with Crippen LogP contribution in [-0.2, 0) is 0 Å². The van der Waals surface area contributed by atoms with Gasteiger partial charge >= 0.3 is 0 Å². The summed E-state index contributed by atoms with van der Waals surface area (Å²) in [6.45, 7) is 0. The van der Waals surface area contributed by atoms with Crippen LogP contribution >= 0.6 is 0 Å². The van der Waals surface area contributed by atoms with E-state index in [-0.39, 0.29) is 0 Å². The Labute approximate surface area is 276 Å². The van der Waals surface area contributed by atoms with E-state index in [2.05, 4.69) is 205 Å². The Hall–Kier alpha value is -6.18. The maximum Gasteiger partial charge on any atom is 0.0624 e. The summed E-state index contributed by atoms with van der Waals surface area (Å²) in [4.78, 5) is 2.45. The first kappa shape index (κ1) is 28.3. The number of benzene rings is 8. The molecule has 8 aromatic carbocycles. The van der Waals surface area contributed by atoms with Gasteiger partial charge in [-0.1, -0.05) is 170 Å². The lowest BCUT2D eigenvalue weighted by atomic mass is 9.88. The number of nitrogens with zero attached hydrogens (tertiary/aromatic N) is 1. The summed E-state index contributed by atoms with van der Waals surface area (Å²) in [7, 11) is 0. The molecule has 0 radical (unpaired) electrons. The zero-order valence-corrected chi connectivity index (χ0v) is 26.0. The smallest absolute Gasteiger partial charge is 0.0624 e. The average Bonchev–Trinajstić information content (AvgIpc) is 3.16. The Balaban J connectivity index is 1.42. The maximum atomic E-state index is 2.45. The zero-order valence-electron chi connectivity index (χ0n) is 26.0. The van der Waals surface area contributed by atoms with Crippen molar-refractivity contribution in [2.24, 2.45) is 0 Å². The van der Waals surface area contributed by atoms with E-state index in [1.165, 1.54) is 55.3 Å². The van der Waals surface area contributed by atoms with Gasteiger partial charge in [-0.25, -0.2) is 0 Å². The molecule has 47 heavy (non-hydrogen) atoms. The van der Waals surface area contributed by atoms with Crippen LogP contribution in [0, 0.1) is 0 Å². The Kier molecular flexibility index (Phi) is 7.63. The van der Waals surface area contributed by atoms with Crippen LogP contribution in [0.2, 0.25) is 0 Å². The fourth-order valence-electron chi connectivity index (χ4n) is 6.58. The summed E-state index contributed by atoms with van der Waals surface area (Å²) >= 11 is 0. The number of hydrogen-bond donors (Lipinski definition) is 0. The van der Waals surface area contributed by atoms with Gasteiger partial charge in [0.1, 0.15) is 0 Å². The van der Waals surface area contributed by atoms with Gasteiger partial charge in [0.2, 0.25) is 0 Å². The van der Waals surface area contributed by atoms with Crippen LogP contribution in [-0.4, -0.2) is 0 Å². The van der Waals surface area contributed by atoms with Crippen LogP contribution in [0.4, 0.5) is 17.1 Å². The van der Waals surface area contributed by atoms with Crippen LogP contribution in [0.3, 0.4) is 0 Å². The van der Waals surface area contributed by atoms with Crippen LogP contribution in [0.1, 0.15) is 0 Å². The lowest BCUT2D eigenvalue weighted by Gasteiger charge is -2.31. The van der Waals surface area contributed by atoms with Crippen molar-refractivity contribution in [2.75, 3.05) is 4.90 Å². The van der Waals surface area contributed by atoms with Crippen molar-refractivity contribution in [3.63, 3.8) is 0 Å². The average molecular weight is 600 g/mol. The number of rotatable bonds is 7. The molecule has 0 aliphatic rings. The Morgan fingerprint density at radius 3 is 1.17 bits per heavy atom. The van der Waals surface area contributed by atoms with E-state index in [0.29, 0.717) is 0 Å². The molecular formula is C46H33N. The highest BCUT2D eigenvalue weighted by Crippen LogP contribution is 2.49. The molecule has 0 heterocycles. The molecule has 0 unspecified atom stereocenters. The van der Waals surface area contributed by atoms with E-state index in [1.54, 1.807) is 0 Å². The van der Waals surface area contributed by atoms with E-state index in [0.717, 1.165) is 17.1 Å². The van der Waals surface area contributed by atoms with Gasteiger partial charge in [0, 0.05) is 22.3 Å². The van der Waals surface area contributed by atoms with Crippen molar-refractivity contribution < 1.29 is 0 Å². The predicted molar refractivity (Wildman–Crippen MR) is 200 cm³/mol. The number of hydrogen-bond acceptors (Lipinski definition) is 1. The molecule has 8 rings (SSSR count). The van der Waals surface area contributed by atoms with Crippen molar-refractivity contribution in [1.29, 1.82) is 0 Å². The van der Waals surface area contributed by atoms with Crippen molar-refractivity contribution in [1.82, 2.24) is 0 Å². The van der Waals surface area contributed by atoms with Crippen molar-refractivity contribution in [2.45, 2.75) is 0 Å². The predicted octanol–water partition coefficient (Wildman–Crippen LogP) is 13.0. The van der Waals surface area contributed by atoms with Gasteiger partial charge in [0.25, 0.3) is 0 Å². The van der Waals surface area contributed by atoms with E-state index >= 15 is 0 Å². The van der Waals surface area contributed by atoms with Gasteiger partial charge in [-0.05, 0) is 74.7 Å². The van der Waals surface area contributed by atoms with E-state index < -0.39 is 0 Å². The maximum absolute atomic E-state index is 2.45. The summed E-state index contributed by atoms with van der Waals surface area (Å²) in [6.07, 6.45) is 0. The first-order chi connectivity index (χ1) is 23.3. The first-order valence-corrected chi connectivity index (χ1v) is 16.1. The molecular weight excluding hydrogens is 567 g/mol. The van der Waals surface area contributed by atoms with Gasteiger partial charge in [0.15, 0.2) is 0 Å². The Morgan fingerprint density at radius 1 is 0.298 bits per heavy atom. The van der Waals surface area contributed by atoms with Gasteiger partial charge < -0.3 is 4.90 Å². The second kappa shape index (κ2) is 12.7. The van der Waals surface area contributed by atoms with Crippen LogP contribution < -0.4 is 4.90 Å². The normalized spacial score (nSPS) is 11.0. The number of anilines is 3. The molecule has 222 valence electrons. The highest BCUT2D eigenvalue weighted by molar-refractivity contribution is 6.11. The molecule has 1 nitrogen and oxygen atoms in total. The third kappa shape index (κ3) is 5.60. The molecule has 0 atom stereocenters. The van der Waals surface area contributed by atoms with E-state index in [1.807, 2.05) is 0 Å². The summed E-state index contributed by atoms with van der Waals surface area (Å²) < 4.78 is 0. The molecule has 0 saturated heterocycles. The third-order valence-corrected chi connectivity index (χ3v) is 8.86. The minimum atomic E-state index is 1.10. The minimum Gasteiger partial charge on any atom is -0.309 e. The second-order valence-corrected chi connectivity index (χ2v) is 11.8. The molecule has 0 fully saturated rings. The lowest BCUT2D eigenvalue weighted by Crippen LogP contribution is -2.12. The molecule has 0 aliphatic heterocycles. The molecule has 0 N–H and O–H groups in total. The lowest BCUT2D eigenvalue weighted by molar-refractivity contribution is 1.30. The summed E-state index contributed by atoms with van der Waals surface area (Å²) in [5, 5.41) is 2.40. The Bertz CT molecular complexity index is 2160. The minimum absolute atomic E-state index is 1.10. The molecule has 8 aromatic rings. The van der Waals surface area contributed by atoms with Gasteiger partial charge in [-0.3, -0.25) is 0 Å². The van der Waals surface area contributed by atoms with Gasteiger partial charge in [0.05, 0.1) is 5.69 Å². The largest absolute Gasteiger partial charge is 0.309 e. The van der Waals surface area contributed by atoms with Crippen molar-refractivity contribution >= 4 is 27.8 Å². The van der Waals surface area contributed by atoms with E-state index in [4.69, 9.17) is 0 Å². The standard InChI is InChI=1S/C46H33N/c1-5-15-34(16-6-1)36-25-29-41(30-26-36)47(42-31-27-37(28-32-42)35-17-7-2-8-18-35)46-43-24-14-13-23-40(43)33-44(38-19-9-3-10-20-38)45(46)39-21-11-4-12-22-39/h1-33H. The van der Waals surface area contributed by atoms with Crippen molar-refractivity contribution in [3.05, 3.63) is 200 Å². The SMILES string of the molecule is c1ccc(-c2ccc(N(c3ccc(-c4ccccc4)cc3)c3c(-c4ccccc4)c(-c4ccccc4)cc4ccccc34)cc2)cc1. The topological polar surface area (TPSA) is 3.24 Å². The molecule has 0 aromatic heterocycles. The fraction of sp³-hybridized carbons (Fsp3) is 0. The molecule has 0 saturated carbocycles. The number of fused-ring (bicyclic) bond motifs is 1. The summed E-state index contributed by atoms with van der Waals surface area (Å²) in [5.74, 6) is 0. The fourth-order valence-corrected chi connectivity index (χ4v) is 6.58. The molecule has 0 amide bonds. The molecule has 0 bridgehead atoms. The highest BCUT2D eigenvalue weighted by atomic mass is 15.1. The third-order valence-electron chi connectivity index (χ3n) is 8.86. The molecule has 1 heteroatoms. The van der Waals surface area contributed by atoms with E-state index in [9.17, 15) is 0 Å². The Morgan fingerprint density at radius 2 is 0.681 bits per heavy atom. The van der Waals surface area contributed by atoms with Crippen LogP contribution in [0.15, 0.2) is 200 Å². The van der Waals surface area contributed by atoms with Crippen molar-refractivity contribution in [3.8, 4) is 44.5 Å². The summed E-state index contributed by atoms with van der Waals surface area (Å²) in [5.41, 5.74) is 12.9. The first-order valence-electron chi connectivity index (χ1n) is 16.1. The van der Waals surface area contributed by atoms with Crippen LogP contribution in [0.5, 0.6) is 0 Å². The monoisotopic (exact) mass is 599 g/mol. The summed E-state index contributed by atoms with van der Waals surface area (Å²) in [6, 6.07) is 71.9. The molecule has 0 aliphatic carbocycles. The quantitative estimate of drug-likeness (QED) is 0.176. The van der Waals surface area contributed by atoms with Gasteiger partial charge in [-0.2, -0.15) is 0 Å². The second-order valence-electron chi connectivity index (χ2n) is 11.8. The molecule has 0 spiro atoms.